The number of rotatable bonds is 7. The largest absolute Gasteiger partial charge is 0.319 e. The van der Waals surface area contributed by atoms with Gasteiger partial charge in [0.1, 0.15) is 5.56 Å². The van der Waals surface area contributed by atoms with Crippen molar-refractivity contribution in [2.24, 2.45) is 7.05 Å². The van der Waals surface area contributed by atoms with Gasteiger partial charge in [0.25, 0.3) is 5.56 Å². The number of hydrogen-bond acceptors (Lipinski definition) is 4. The molecule has 0 unspecified atom stereocenters. The number of imidazole rings is 1. The van der Waals surface area contributed by atoms with E-state index in [9.17, 15) is 9.59 Å². The predicted octanol–water partition coefficient (Wildman–Crippen LogP) is 4.01. The van der Waals surface area contributed by atoms with Gasteiger partial charge < -0.3 is 4.57 Å². The summed E-state index contributed by atoms with van der Waals surface area (Å²) in [6.07, 6.45) is 1.81. The molecule has 4 aromatic rings. The zero-order valence-corrected chi connectivity index (χ0v) is 18.6. The minimum Gasteiger partial charge on any atom is -0.319 e. The van der Waals surface area contributed by atoms with Crippen LogP contribution in [0.4, 0.5) is 0 Å². The summed E-state index contributed by atoms with van der Waals surface area (Å²) in [6, 6.07) is 19.5. The molecule has 0 amide bonds. The van der Waals surface area contributed by atoms with Crippen LogP contribution in [0.3, 0.4) is 0 Å². The molecule has 2 aromatic carbocycles. The summed E-state index contributed by atoms with van der Waals surface area (Å²) in [7, 11) is 1.80. The highest BCUT2D eigenvalue weighted by molar-refractivity contribution is 7.99. The van der Waals surface area contributed by atoms with E-state index in [0.717, 1.165) is 16.5 Å². The van der Waals surface area contributed by atoms with Crippen molar-refractivity contribution in [2.75, 3.05) is 5.75 Å². The van der Waals surface area contributed by atoms with Crippen LogP contribution >= 0.6 is 11.8 Å². The highest BCUT2D eigenvalue weighted by Crippen LogP contribution is 2.22. The number of Topliss-reactive ketones (excluding diaryl/α,β-unsaturated/α-hetero) is 1. The molecular formula is C24H24N4O2S. The van der Waals surface area contributed by atoms with Gasteiger partial charge in [-0.1, -0.05) is 60.3 Å². The molecule has 2 aromatic heterocycles. The minimum atomic E-state index is -0.291. The molecule has 4 rings (SSSR count). The maximum Gasteiger partial charge on any atom is 0.282 e. The SMILES string of the molecule is Cc1cnc(SCC(=O)c2c(C)n(C)n(-c3ccccc3)c2=O)n1Cc1ccccc1. The van der Waals surface area contributed by atoms with Crippen LogP contribution in [0.5, 0.6) is 0 Å². The van der Waals surface area contributed by atoms with Gasteiger partial charge in [-0.15, -0.1) is 0 Å². The molecule has 0 radical (unpaired) electrons. The van der Waals surface area contributed by atoms with Crippen molar-refractivity contribution in [3.05, 3.63) is 99.7 Å². The molecule has 0 atom stereocenters. The molecule has 0 spiro atoms. The Morgan fingerprint density at radius 1 is 1.00 bits per heavy atom. The van der Waals surface area contributed by atoms with E-state index in [1.807, 2.05) is 61.7 Å². The first kappa shape index (κ1) is 20.9. The van der Waals surface area contributed by atoms with Crippen LogP contribution in [0.15, 0.2) is 76.8 Å². The van der Waals surface area contributed by atoms with Crippen LogP contribution in [0, 0.1) is 13.8 Å². The van der Waals surface area contributed by atoms with Crippen LogP contribution < -0.4 is 5.56 Å². The Hall–Kier alpha value is -3.32. The first-order valence-corrected chi connectivity index (χ1v) is 11.0. The molecule has 0 N–H and O–H groups in total. The monoisotopic (exact) mass is 432 g/mol. The second-order valence-electron chi connectivity index (χ2n) is 7.40. The number of aromatic nitrogens is 4. The van der Waals surface area contributed by atoms with Gasteiger partial charge >= 0.3 is 0 Å². The van der Waals surface area contributed by atoms with Crippen LogP contribution in [0.1, 0.15) is 27.3 Å². The van der Waals surface area contributed by atoms with Gasteiger partial charge in [-0.25, -0.2) is 9.67 Å². The van der Waals surface area contributed by atoms with Crippen molar-refractivity contribution >= 4 is 17.5 Å². The Morgan fingerprint density at radius 3 is 2.32 bits per heavy atom. The molecule has 6 nitrogen and oxygen atoms in total. The van der Waals surface area contributed by atoms with E-state index in [2.05, 4.69) is 21.7 Å². The lowest BCUT2D eigenvalue weighted by Gasteiger charge is -2.09. The number of ketones is 1. The summed E-state index contributed by atoms with van der Waals surface area (Å²) < 4.78 is 5.36. The summed E-state index contributed by atoms with van der Waals surface area (Å²) in [5.74, 6) is -0.0372. The van der Waals surface area contributed by atoms with E-state index in [1.165, 1.54) is 22.0 Å². The number of benzene rings is 2. The molecule has 0 aliphatic heterocycles. The standard InChI is InChI=1S/C24H24N4O2S/c1-17-14-25-24(27(17)15-19-10-6-4-7-11-19)31-16-21(29)22-18(2)26(3)28(23(22)30)20-12-8-5-9-13-20/h4-14H,15-16H2,1-3H3. The van der Waals surface area contributed by atoms with Crippen LogP contribution in [-0.2, 0) is 13.6 Å². The van der Waals surface area contributed by atoms with Crippen molar-refractivity contribution < 1.29 is 4.79 Å². The van der Waals surface area contributed by atoms with Gasteiger partial charge in [-0.05, 0) is 31.5 Å². The lowest BCUT2D eigenvalue weighted by Crippen LogP contribution is -2.23. The number of carbonyl (C=O) groups is 1. The van der Waals surface area contributed by atoms with Crippen LogP contribution in [0.25, 0.3) is 5.69 Å². The Balaban J connectivity index is 1.57. The number of thioether (sulfide) groups is 1. The van der Waals surface area contributed by atoms with Crippen molar-refractivity contribution in [3.63, 3.8) is 0 Å². The maximum atomic E-state index is 13.1. The first-order valence-electron chi connectivity index (χ1n) is 10.0. The van der Waals surface area contributed by atoms with E-state index in [-0.39, 0.29) is 22.7 Å². The van der Waals surface area contributed by atoms with E-state index in [1.54, 1.807) is 18.7 Å². The van der Waals surface area contributed by atoms with Crippen LogP contribution in [0.2, 0.25) is 0 Å². The molecule has 0 saturated carbocycles. The Bertz CT molecular complexity index is 1270. The molecule has 0 fully saturated rings. The van der Waals surface area contributed by atoms with Gasteiger partial charge in [0, 0.05) is 31.2 Å². The molecular weight excluding hydrogens is 408 g/mol. The summed E-state index contributed by atoms with van der Waals surface area (Å²) in [4.78, 5) is 30.6. The molecule has 158 valence electrons. The topological polar surface area (TPSA) is 61.8 Å². The van der Waals surface area contributed by atoms with Gasteiger partial charge in [0.2, 0.25) is 0 Å². The third kappa shape index (κ3) is 4.14. The van der Waals surface area contributed by atoms with Crippen molar-refractivity contribution in [2.45, 2.75) is 25.5 Å². The maximum absolute atomic E-state index is 13.1. The van der Waals surface area contributed by atoms with Crippen molar-refractivity contribution in [1.82, 2.24) is 18.9 Å². The summed E-state index contributed by atoms with van der Waals surface area (Å²) >= 11 is 1.36. The molecule has 0 aliphatic rings. The smallest absolute Gasteiger partial charge is 0.282 e. The average molecular weight is 433 g/mol. The zero-order valence-electron chi connectivity index (χ0n) is 17.8. The number of carbonyl (C=O) groups excluding carboxylic acids is 1. The second-order valence-corrected chi connectivity index (χ2v) is 8.34. The van der Waals surface area contributed by atoms with Gasteiger partial charge in [0.05, 0.1) is 11.4 Å². The van der Waals surface area contributed by atoms with E-state index < -0.39 is 0 Å². The summed E-state index contributed by atoms with van der Waals surface area (Å²) in [5.41, 5.74) is 3.53. The summed E-state index contributed by atoms with van der Waals surface area (Å²) in [6.45, 7) is 4.50. The molecule has 0 aliphatic carbocycles. The van der Waals surface area contributed by atoms with Crippen molar-refractivity contribution in [3.8, 4) is 5.69 Å². The molecule has 0 saturated heterocycles. The normalized spacial score (nSPS) is 11.1. The fraction of sp³-hybridized carbons (Fsp3) is 0.208. The quantitative estimate of drug-likeness (QED) is 0.327. The van der Waals surface area contributed by atoms with Crippen LogP contribution in [-0.4, -0.2) is 30.5 Å². The van der Waals surface area contributed by atoms with Gasteiger partial charge in [-0.2, -0.15) is 0 Å². The first-order chi connectivity index (χ1) is 15.0. The molecule has 2 heterocycles. The van der Waals surface area contributed by atoms with Gasteiger partial charge in [0.15, 0.2) is 10.9 Å². The summed E-state index contributed by atoms with van der Waals surface area (Å²) in [5, 5.41) is 0.770. The van der Waals surface area contributed by atoms with E-state index in [4.69, 9.17) is 0 Å². The lowest BCUT2D eigenvalue weighted by atomic mass is 10.2. The molecule has 31 heavy (non-hydrogen) atoms. The average Bonchev–Trinajstić information content (AvgIpc) is 3.23. The third-order valence-corrected chi connectivity index (χ3v) is 6.36. The highest BCUT2D eigenvalue weighted by atomic mass is 32.2. The fourth-order valence-electron chi connectivity index (χ4n) is 3.60. The lowest BCUT2D eigenvalue weighted by molar-refractivity contribution is 0.102. The number of nitrogens with zero attached hydrogens (tertiary/aromatic N) is 4. The number of para-hydroxylation sites is 1. The Kier molecular flexibility index (Phi) is 5.95. The zero-order chi connectivity index (χ0) is 22.0. The van der Waals surface area contributed by atoms with E-state index in [0.29, 0.717) is 12.2 Å². The van der Waals surface area contributed by atoms with Crippen molar-refractivity contribution in [1.29, 1.82) is 0 Å². The fourth-order valence-corrected chi connectivity index (χ4v) is 4.50. The molecule has 0 bridgehead atoms. The number of hydrogen-bond donors (Lipinski definition) is 0. The van der Waals surface area contributed by atoms with E-state index >= 15 is 0 Å². The second kappa shape index (κ2) is 8.81. The molecule has 7 heteroatoms. The minimum absolute atomic E-state index is 0.153. The Labute approximate surface area is 185 Å². The van der Waals surface area contributed by atoms with Gasteiger partial charge in [-0.3, -0.25) is 14.3 Å². The predicted molar refractivity (Wildman–Crippen MR) is 123 cm³/mol. The highest BCUT2D eigenvalue weighted by Gasteiger charge is 2.22. The number of aryl methyl sites for hydroxylation is 1. The third-order valence-electron chi connectivity index (χ3n) is 5.37. The Morgan fingerprint density at radius 2 is 1.65 bits per heavy atom.